The zero-order valence-electron chi connectivity index (χ0n) is 7.51. The maximum Gasteiger partial charge on any atom is 0.120 e. The Hall–Kier alpha value is 0.440. The summed E-state index contributed by atoms with van der Waals surface area (Å²) in [6.07, 6.45) is 0. The van der Waals surface area contributed by atoms with Gasteiger partial charge in [0.05, 0.1) is 9.49 Å². The Balaban J connectivity index is 2.56. The molecule has 0 spiro atoms. The number of ether oxygens (including phenoxy) is 1. The van der Waals surface area contributed by atoms with E-state index in [-0.39, 0.29) is 0 Å². The first-order valence-corrected chi connectivity index (χ1v) is 7.20. The Labute approximate surface area is 114 Å². The summed E-state index contributed by atoms with van der Waals surface area (Å²) >= 11 is 6.59. The van der Waals surface area contributed by atoms with Crippen LogP contribution in [0.2, 0.25) is 0 Å². The maximum atomic E-state index is 5.46. The van der Waals surface area contributed by atoms with Crippen LogP contribution in [0.15, 0.2) is 18.2 Å². The number of benzene rings is 1. The fourth-order valence-corrected chi connectivity index (χ4v) is 4.11. The third-order valence-electron chi connectivity index (χ3n) is 1.87. The van der Waals surface area contributed by atoms with Crippen LogP contribution < -0.4 is 4.74 Å². The first-order chi connectivity index (χ1) is 6.72. The number of hydrogen-bond acceptors (Lipinski definition) is 2. The van der Waals surface area contributed by atoms with Gasteiger partial charge in [-0.05, 0) is 70.3 Å². The van der Waals surface area contributed by atoms with Gasteiger partial charge in [-0.2, -0.15) is 0 Å². The van der Waals surface area contributed by atoms with E-state index in [0.717, 1.165) is 12.4 Å². The van der Waals surface area contributed by atoms with Crippen molar-refractivity contribution in [1.29, 1.82) is 0 Å². The van der Waals surface area contributed by atoms with Gasteiger partial charge in [0.15, 0.2) is 0 Å². The molecular formula is C10H8I2OS. The third kappa shape index (κ3) is 2.01. The molecule has 74 valence electrons. The molecule has 1 aromatic heterocycles. The Kier molecular flexibility index (Phi) is 3.54. The van der Waals surface area contributed by atoms with E-state index in [1.54, 1.807) is 0 Å². The lowest BCUT2D eigenvalue weighted by Crippen LogP contribution is -1.89. The largest absolute Gasteiger partial charge is 0.494 e. The summed E-state index contributed by atoms with van der Waals surface area (Å²) in [5.41, 5.74) is 0. The zero-order chi connectivity index (χ0) is 10.1. The molecular weight excluding hydrogens is 422 g/mol. The van der Waals surface area contributed by atoms with Crippen LogP contribution in [0.5, 0.6) is 5.75 Å². The van der Waals surface area contributed by atoms with Crippen LogP contribution in [0.3, 0.4) is 0 Å². The molecule has 1 aromatic carbocycles. The van der Waals surface area contributed by atoms with Gasteiger partial charge in [0.2, 0.25) is 0 Å². The highest BCUT2D eigenvalue weighted by Gasteiger charge is 2.07. The number of fused-ring (bicyclic) bond motifs is 1. The van der Waals surface area contributed by atoms with E-state index in [9.17, 15) is 0 Å². The SMILES string of the molecule is CCOc1ccc2c(I)c(I)sc2c1. The van der Waals surface area contributed by atoms with Crippen LogP contribution in [0, 0.1) is 6.45 Å². The highest BCUT2D eigenvalue weighted by atomic mass is 127. The van der Waals surface area contributed by atoms with Crippen molar-refractivity contribution < 1.29 is 4.74 Å². The van der Waals surface area contributed by atoms with E-state index in [0.29, 0.717) is 0 Å². The smallest absolute Gasteiger partial charge is 0.120 e. The number of halogens is 2. The van der Waals surface area contributed by atoms with Crippen molar-refractivity contribution in [3.05, 3.63) is 24.7 Å². The van der Waals surface area contributed by atoms with Crippen LogP contribution in [-0.2, 0) is 0 Å². The molecule has 1 heterocycles. The zero-order valence-corrected chi connectivity index (χ0v) is 12.6. The molecule has 0 saturated heterocycles. The fourth-order valence-electron chi connectivity index (χ4n) is 1.27. The van der Waals surface area contributed by atoms with Crippen molar-refractivity contribution in [3.63, 3.8) is 0 Å². The van der Waals surface area contributed by atoms with Gasteiger partial charge in [0.25, 0.3) is 0 Å². The first kappa shape index (κ1) is 10.9. The summed E-state index contributed by atoms with van der Waals surface area (Å²) in [5.74, 6) is 0.967. The normalized spacial score (nSPS) is 10.8. The number of hydrogen-bond donors (Lipinski definition) is 0. The van der Waals surface area contributed by atoms with Crippen LogP contribution >= 0.6 is 56.5 Å². The lowest BCUT2D eigenvalue weighted by Gasteiger charge is -2.01. The van der Waals surface area contributed by atoms with Gasteiger partial charge in [0.1, 0.15) is 5.75 Å². The molecule has 0 aliphatic rings. The van der Waals surface area contributed by atoms with Gasteiger partial charge >= 0.3 is 0 Å². The fraction of sp³-hybridized carbons (Fsp3) is 0.200. The Morgan fingerprint density at radius 2 is 2.14 bits per heavy atom. The molecule has 0 atom stereocenters. The van der Waals surface area contributed by atoms with E-state index < -0.39 is 0 Å². The van der Waals surface area contributed by atoms with Gasteiger partial charge in [0, 0.05) is 13.7 Å². The van der Waals surface area contributed by atoms with Gasteiger partial charge in [-0.3, -0.25) is 0 Å². The summed E-state index contributed by atoms with van der Waals surface area (Å²) in [6.45, 7) is 2.73. The Morgan fingerprint density at radius 1 is 1.36 bits per heavy atom. The minimum absolute atomic E-state index is 0.727. The van der Waals surface area contributed by atoms with E-state index >= 15 is 0 Å². The monoisotopic (exact) mass is 430 g/mol. The lowest BCUT2D eigenvalue weighted by atomic mass is 10.2. The quantitative estimate of drug-likeness (QED) is 0.638. The Morgan fingerprint density at radius 3 is 2.86 bits per heavy atom. The molecule has 0 aliphatic heterocycles. The molecule has 0 aliphatic carbocycles. The van der Waals surface area contributed by atoms with Crippen LogP contribution in [-0.4, -0.2) is 6.61 Å². The third-order valence-corrected chi connectivity index (χ3v) is 6.53. The topological polar surface area (TPSA) is 9.23 Å². The van der Waals surface area contributed by atoms with Crippen molar-refractivity contribution in [2.75, 3.05) is 6.61 Å². The van der Waals surface area contributed by atoms with Crippen molar-refractivity contribution in [1.82, 2.24) is 0 Å². The highest BCUT2D eigenvalue weighted by molar-refractivity contribution is 14.1. The summed E-state index contributed by atoms with van der Waals surface area (Å²) in [7, 11) is 0. The molecule has 1 nitrogen and oxygen atoms in total. The predicted octanol–water partition coefficient (Wildman–Crippen LogP) is 4.51. The van der Waals surface area contributed by atoms with Gasteiger partial charge < -0.3 is 4.74 Å². The molecule has 0 bridgehead atoms. The average Bonchev–Trinajstić information content (AvgIpc) is 2.43. The molecule has 2 rings (SSSR count). The van der Waals surface area contributed by atoms with Crippen molar-refractivity contribution in [2.45, 2.75) is 6.92 Å². The second-order valence-corrected chi connectivity index (χ2v) is 6.72. The lowest BCUT2D eigenvalue weighted by molar-refractivity contribution is 0.341. The molecule has 0 fully saturated rings. The Bertz CT molecular complexity index is 464. The van der Waals surface area contributed by atoms with Gasteiger partial charge in [-0.15, -0.1) is 11.3 Å². The molecule has 2 aromatic rings. The standard InChI is InChI=1S/C10H8I2OS/c1-2-13-6-3-4-7-8(5-6)14-10(12)9(7)11/h3-5H,2H2,1H3. The number of thiophene rings is 1. The summed E-state index contributed by atoms with van der Waals surface area (Å²) < 4.78 is 9.48. The van der Waals surface area contributed by atoms with Crippen LogP contribution in [0.4, 0.5) is 0 Å². The maximum absolute atomic E-state index is 5.46. The second-order valence-electron chi connectivity index (χ2n) is 2.78. The van der Waals surface area contributed by atoms with E-state index in [2.05, 4.69) is 57.3 Å². The molecule has 14 heavy (non-hydrogen) atoms. The summed E-state index contributed by atoms with van der Waals surface area (Å²) in [5, 5.41) is 1.34. The van der Waals surface area contributed by atoms with Crippen LogP contribution in [0.25, 0.3) is 10.1 Å². The molecule has 0 unspecified atom stereocenters. The van der Waals surface area contributed by atoms with Crippen molar-refractivity contribution >= 4 is 66.6 Å². The van der Waals surface area contributed by atoms with Crippen molar-refractivity contribution in [2.24, 2.45) is 0 Å². The number of rotatable bonds is 2. The molecule has 0 N–H and O–H groups in total. The molecule has 0 saturated carbocycles. The van der Waals surface area contributed by atoms with E-state index in [4.69, 9.17) is 4.74 Å². The summed E-state index contributed by atoms with van der Waals surface area (Å²) in [6, 6.07) is 6.30. The highest BCUT2D eigenvalue weighted by Crippen LogP contribution is 2.35. The predicted molar refractivity (Wildman–Crippen MR) is 78.4 cm³/mol. The minimum atomic E-state index is 0.727. The van der Waals surface area contributed by atoms with Gasteiger partial charge in [-0.25, -0.2) is 0 Å². The first-order valence-electron chi connectivity index (χ1n) is 4.22. The van der Waals surface area contributed by atoms with Gasteiger partial charge in [-0.1, -0.05) is 0 Å². The second kappa shape index (κ2) is 4.52. The summed E-state index contributed by atoms with van der Waals surface area (Å²) in [4.78, 5) is 0. The van der Waals surface area contributed by atoms with Crippen LogP contribution in [0.1, 0.15) is 6.92 Å². The molecule has 4 heteroatoms. The average molecular weight is 430 g/mol. The van der Waals surface area contributed by atoms with E-state index in [1.165, 1.54) is 16.5 Å². The minimum Gasteiger partial charge on any atom is -0.494 e. The molecule has 0 radical (unpaired) electrons. The molecule has 0 amide bonds. The van der Waals surface area contributed by atoms with E-state index in [1.807, 2.05) is 24.3 Å². The van der Waals surface area contributed by atoms with Crippen molar-refractivity contribution in [3.8, 4) is 5.75 Å².